The molecule has 0 aliphatic heterocycles. The molecule has 0 aliphatic carbocycles. The van der Waals surface area contributed by atoms with Crippen molar-refractivity contribution in [1.82, 2.24) is 5.32 Å². The standard InChI is InChI=1S/C13H13F2NS/c1-8-3-13(15)11(5-12(8)14)9-4-10(6-16-2)17-7-9/h3-5,7,16H,6H2,1-2H3. The Labute approximate surface area is 103 Å². The molecule has 0 amide bonds. The molecule has 1 N–H and O–H groups in total. The van der Waals surface area contributed by atoms with E-state index < -0.39 is 0 Å². The summed E-state index contributed by atoms with van der Waals surface area (Å²) in [5, 5.41) is 4.87. The van der Waals surface area contributed by atoms with Gasteiger partial charge in [0.25, 0.3) is 0 Å². The fourth-order valence-electron chi connectivity index (χ4n) is 1.66. The summed E-state index contributed by atoms with van der Waals surface area (Å²) < 4.78 is 27.2. The van der Waals surface area contributed by atoms with Crippen molar-refractivity contribution < 1.29 is 8.78 Å². The highest BCUT2D eigenvalue weighted by Crippen LogP contribution is 2.29. The number of halogens is 2. The van der Waals surface area contributed by atoms with Crippen molar-refractivity contribution in [1.29, 1.82) is 0 Å². The minimum absolute atomic E-state index is 0.326. The van der Waals surface area contributed by atoms with Crippen LogP contribution in [0.4, 0.5) is 8.78 Å². The molecule has 1 heterocycles. The maximum absolute atomic E-state index is 13.7. The highest BCUT2D eigenvalue weighted by molar-refractivity contribution is 7.10. The molecule has 17 heavy (non-hydrogen) atoms. The number of thiophene rings is 1. The Morgan fingerprint density at radius 1 is 1.18 bits per heavy atom. The fraction of sp³-hybridized carbons (Fsp3) is 0.231. The van der Waals surface area contributed by atoms with Crippen LogP contribution in [0.1, 0.15) is 10.4 Å². The fourth-order valence-corrected chi connectivity index (χ4v) is 2.55. The van der Waals surface area contributed by atoms with Gasteiger partial charge in [-0.3, -0.25) is 0 Å². The van der Waals surface area contributed by atoms with Crippen molar-refractivity contribution in [3.63, 3.8) is 0 Å². The van der Waals surface area contributed by atoms with Crippen molar-refractivity contribution >= 4 is 11.3 Å². The summed E-state index contributed by atoms with van der Waals surface area (Å²) in [6, 6.07) is 4.38. The van der Waals surface area contributed by atoms with E-state index in [0.29, 0.717) is 11.1 Å². The molecule has 1 aromatic heterocycles. The van der Waals surface area contributed by atoms with Gasteiger partial charge in [0.2, 0.25) is 0 Å². The number of rotatable bonds is 3. The summed E-state index contributed by atoms with van der Waals surface area (Å²) in [7, 11) is 1.85. The molecule has 0 spiro atoms. The highest BCUT2D eigenvalue weighted by atomic mass is 32.1. The van der Waals surface area contributed by atoms with Gasteiger partial charge in [-0.2, -0.15) is 0 Å². The van der Waals surface area contributed by atoms with Crippen LogP contribution in [-0.2, 0) is 6.54 Å². The summed E-state index contributed by atoms with van der Waals surface area (Å²) in [4.78, 5) is 1.10. The second-order valence-electron chi connectivity index (χ2n) is 3.91. The van der Waals surface area contributed by atoms with Gasteiger partial charge in [-0.05, 0) is 48.7 Å². The van der Waals surface area contributed by atoms with Crippen LogP contribution in [0.2, 0.25) is 0 Å². The van der Waals surface area contributed by atoms with E-state index >= 15 is 0 Å². The monoisotopic (exact) mass is 253 g/mol. The molecule has 0 fully saturated rings. The third-order valence-corrected chi connectivity index (χ3v) is 3.50. The van der Waals surface area contributed by atoms with E-state index in [4.69, 9.17) is 0 Å². The molecule has 0 bridgehead atoms. The minimum Gasteiger partial charge on any atom is -0.315 e. The summed E-state index contributed by atoms with van der Waals surface area (Å²) in [6.07, 6.45) is 0. The molecule has 1 nitrogen and oxygen atoms in total. The zero-order valence-corrected chi connectivity index (χ0v) is 10.5. The first-order valence-electron chi connectivity index (χ1n) is 5.30. The Hall–Kier alpha value is -1.26. The van der Waals surface area contributed by atoms with E-state index in [2.05, 4.69) is 5.32 Å². The molecule has 1 aromatic carbocycles. The third-order valence-electron chi connectivity index (χ3n) is 2.56. The number of benzene rings is 1. The van der Waals surface area contributed by atoms with E-state index in [-0.39, 0.29) is 11.6 Å². The van der Waals surface area contributed by atoms with Gasteiger partial charge in [0, 0.05) is 17.0 Å². The smallest absolute Gasteiger partial charge is 0.131 e. The van der Waals surface area contributed by atoms with Crippen molar-refractivity contribution in [2.75, 3.05) is 7.05 Å². The molecule has 2 rings (SSSR count). The largest absolute Gasteiger partial charge is 0.315 e. The Bertz CT molecular complexity index is 534. The minimum atomic E-state index is -0.377. The van der Waals surface area contributed by atoms with E-state index in [1.807, 2.05) is 18.5 Å². The Balaban J connectivity index is 2.41. The Morgan fingerprint density at radius 2 is 1.94 bits per heavy atom. The second kappa shape index (κ2) is 4.94. The van der Waals surface area contributed by atoms with Gasteiger partial charge in [0.15, 0.2) is 0 Å². The molecule has 0 atom stereocenters. The molecule has 0 saturated carbocycles. The summed E-state index contributed by atoms with van der Waals surface area (Å²) in [6.45, 7) is 2.29. The molecule has 2 aromatic rings. The molecular weight excluding hydrogens is 240 g/mol. The van der Waals surface area contributed by atoms with Crippen molar-refractivity contribution in [2.45, 2.75) is 13.5 Å². The van der Waals surface area contributed by atoms with Crippen LogP contribution < -0.4 is 5.32 Å². The van der Waals surface area contributed by atoms with Crippen LogP contribution in [0.3, 0.4) is 0 Å². The predicted molar refractivity (Wildman–Crippen MR) is 67.2 cm³/mol. The van der Waals surface area contributed by atoms with Crippen LogP contribution in [0, 0.1) is 18.6 Å². The molecule has 0 aliphatic rings. The van der Waals surface area contributed by atoms with E-state index in [1.165, 1.54) is 23.5 Å². The number of nitrogens with one attached hydrogen (secondary N) is 1. The first kappa shape index (κ1) is 12.2. The van der Waals surface area contributed by atoms with Crippen LogP contribution in [-0.4, -0.2) is 7.05 Å². The van der Waals surface area contributed by atoms with Crippen LogP contribution in [0.5, 0.6) is 0 Å². The SMILES string of the molecule is CNCc1cc(-c2cc(F)c(C)cc2F)cs1. The van der Waals surface area contributed by atoms with Gasteiger partial charge in [0.05, 0.1) is 0 Å². The van der Waals surface area contributed by atoms with Gasteiger partial charge in [-0.15, -0.1) is 11.3 Å². The lowest BCUT2D eigenvalue weighted by Gasteiger charge is -2.03. The topological polar surface area (TPSA) is 12.0 Å². The van der Waals surface area contributed by atoms with Gasteiger partial charge >= 0.3 is 0 Å². The Kier molecular flexibility index (Phi) is 3.54. The molecule has 0 radical (unpaired) electrons. The van der Waals surface area contributed by atoms with Crippen molar-refractivity contribution in [3.8, 4) is 11.1 Å². The van der Waals surface area contributed by atoms with Crippen LogP contribution in [0.15, 0.2) is 23.6 Å². The lowest BCUT2D eigenvalue weighted by atomic mass is 10.1. The summed E-state index contributed by atoms with van der Waals surface area (Å²) in [5.41, 5.74) is 1.39. The van der Waals surface area contributed by atoms with Gasteiger partial charge < -0.3 is 5.32 Å². The molecule has 4 heteroatoms. The van der Waals surface area contributed by atoms with Gasteiger partial charge in [0.1, 0.15) is 11.6 Å². The number of aryl methyl sites for hydroxylation is 1. The van der Waals surface area contributed by atoms with Crippen molar-refractivity contribution in [3.05, 3.63) is 45.7 Å². The lowest BCUT2D eigenvalue weighted by molar-refractivity contribution is 0.595. The van der Waals surface area contributed by atoms with Gasteiger partial charge in [-0.1, -0.05) is 0 Å². The molecule has 0 unspecified atom stereocenters. The van der Waals surface area contributed by atoms with E-state index in [9.17, 15) is 8.78 Å². The average molecular weight is 253 g/mol. The maximum atomic E-state index is 13.7. The zero-order chi connectivity index (χ0) is 12.4. The van der Waals surface area contributed by atoms with E-state index in [1.54, 1.807) is 6.92 Å². The first-order valence-corrected chi connectivity index (χ1v) is 6.18. The zero-order valence-electron chi connectivity index (χ0n) is 9.68. The molecular formula is C13H13F2NS. The van der Waals surface area contributed by atoms with Crippen molar-refractivity contribution in [2.24, 2.45) is 0 Å². The van der Waals surface area contributed by atoms with Gasteiger partial charge in [-0.25, -0.2) is 8.78 Å². The van der Waals surface area contributed by atoms with E-state index in [0.717, 1.165) is 17.0 Å². The summed E-state index contributed by atoms with van der Waals surface area (Å²) in [5.74, 6) is -0.750. The maximum Gasteiger partial charge on any atom is 0.131 e. The molecule has 90 valence electrons. The quantitative estimate of drug-likeness (QED) is 0.879. The third kappa shape index (κ3) is 2.53. The lowest BCUT2D eigenvalue weighted by Crippen LogP contribution is -2.02. The predicted octanol–water partition coefficient (Wildman–Crippen LogP) is 3.72. The Morgan fingerprint density at radius 3 is 2.65 bits per heavy atom. The first-order chi connectivity index (χ1) is 8.11. The average Bonchev–Trinajstić information content (AvgIpc) is 2.72. The second-order valence-corrected chi connectivity index (χ2v) is 4.91. The molecule has 0 saturated heterocycles. The summed E-state index contributed by atoms with van der Waals surface area (Å²) >= 11 is 1.54. The number of hydrogen-bond acceptors (Lipinski definition) is 2. The van der Waals surface area contributed by atoms with Crippen LogP contribution >= 0.6 is 11.3 Å². The number of hydrogen-bond donors (Lipinski definition) is 1. The van der Waals surface area contributed by atoms with Crippen LogP contribution in [0.25, 0.3) is 11.1 Å². The normalized spacial score (nSPS) is 10.8. The highest BCUT2D eigenvalue weighted by Gasteiger charge is 2.10.